The van der Waals surface area contributed by atoms with E-state index in [0.29, 0.717) is 18.1 Å². The SMILES string of the molecule is CCOC(=O)c1cc(C)nn1-c1ccc(C)cn1. The summed E-state index contributed by atoms with van der Waals surface area (Å²) >= 11 is 0. The number of hydrogen-bond acceptors (Lipinski definition) is 4. The number of rotatable bonds is 3. The molecule has 2 aromatic heterocycles. The Morgan fingerprint density at radius 3 is 2.78 bits per heavy atom. The fourth-order valence-corrected chi connectivity index (χ4v) is 1.61. The molecule has 0 spiro atoms. The first kappa shape index (κ1) is 12.3. The van der Waals surface area contributed by atoms with Gasteiger partial charge in [0, 0.05) is 6.20 Å². The van der Waals surface area contributed by atoms with Crippen LogP contribution in [0.4, 0.5) is 0 Å². The predicted molar refractivity (Wildman–Crippen MR) is 66.8 cm³/mol. The molecule has 0 radical (unpaired) electrons. The first-order valence-corrected chi connectivity index (χ1v) is 5.78. The zero-order valence-corrected chi connectivity index (χ0v) is 10.7. The Kier molecular flexibility index (Phi) is 3.41. The molecule has 0 atom stereocenters. The maximum atomic E-state index is 11.8. The van der Waals surface area contributed by atoms with Gasteiger partial charge in [0.2, 0.25) is 0 Å². The number of aromatic nitrogens is 3. The third-order valence-electron chi connectivity index (χ3n) is 2.43. The lowest BCUT2D eigenvalue weighted by atomic mass is 10.3. The van der Waals surface area contributed by atoms with Crippen LogP contribution in [0.25, 0.3) is 5.82 Å². The van der Waals surface area contributed by atoms with Crippen molar-refractivity contribution in [3.63, 3.8) is 0 Å². The monoisotopic (exact) mass is 245 g/mol. The smallest absolute Gasteiger partial charge is 0.357 e. The number of nitrogens with zero attached hydrogens (tertiary/aromatic N) is 3. The summed E-state index contributed by atoms with van der Waals surface area (Å²) < 4.78 is 6.51. The molecule has 0 aliphatic rings. The number of hydrogen-bond donors (Lipinski definition) is 0. The summed E-state index contributed by atoms with van der Waals surface area (Å²) in [6.45, 7) is 5.89. The molecule has 18 heavy (non-hydrogen) atoms. The molecule has 0 aliphatic carbocycles. The van der Waals surface area contributed by atoms with Crippen molar-refractivity contribution in [3.8, 4) is 5.82 Å². The van der Waals surface area contributed by atoms with Crippen molar-refractivity contribution < 1.29 is 9.53 Å². The Morgan fingerprint density at radius 2 is 2.17 bits per heavy atom. The predicted octanol–water partition coefficient (Wildman–Crippen LogP) is 2.06. The molecule has 5 heteroatoms. The van der Waals surface area contributed by atoms with Gasteiger partial charge in [-0.15, -0.1) is 0 Å². The lowest BCUT2D eigenvalue weighted by Crippen LogP contribution is -2.12. The Labute approximate surface area is 105 Å². The van der Waals surface area contributed by atoms with Gasteiger partial charge in [-0.05, 0) is 38.5 Å². The second kappa shape index (κ2) is 5.00. The van der Waals surface area contributed by atoms with Gasteiger partial charge >= 0.3 is 5.97 Å². The van der Waals surface area contributed by atoms with Crippen molar-refractivity contribution in [2.75, 3.05) is 6.61 Å². The number of aryl methyl sites for hydroxylation is 2. The van der Waals surface area contributed by atoms with E-state index in [1.807, 2.05) is 26.0 Å². The van der Waals surface area contributed by atoms with Crippen LogP contribution in [0.15, 0.2) is 24.4 Å². The molecule has 94 valence electrons. The molecule has 2 rings (SSSR count). The van der Waals surface area contributed by atoms with E-state index in [1.54, 1.807) is 19.2 Å². The third kappa shape index (κ3) is 2.40. The molecule has 0 N–H and O–H groups in total. The molecular weight excluding hydrogens is 230 g/mol. The van der Waals surface area contributed by atoms with Crippen LogP contribution in [0.1, 0.15) is 28.7 Å². The van der Waals surface area contributed by atoms with Gasteiger partial charge in [-0.2, -0.15) is 5.10 Å². The maximum absolute atomic E-state index is 11.8. The molecule has 2 heterocycles. The minimum atomic E-state index is -0.388. The van der Waals surface area contributed by atoms with Crippen molar-refractivity contribution in [2.24, 2.45) is 0 Å². The normalized spacial score (nSPS) is 10.4. The Morgan fingerprint density at radius 1 is 1.39 bits per heavy atom. The first-order valence-electron chi connectivity index (χ1n) is 5.78. The largest absolute Gasteiger partial charge is 0.461 e. The van der Waals surface area contributed by atoms with Gasteiger partial charge in [0.15, 0.2) is 11.5 Å². The minimum Gasteiger partial charge on any atom is -0.461 e. The zero-order chi connectivity index (χ0) is 13.1. The van der Waals surface area contributed by atoms with Crippen LogP contribution in [-0.2, 0) is 4.74 Å². The van der Waals surface area contributed by atoms with E-state index in [-0.39, 0.29) is 5.97 Å². The fourth-order valence-electron chi connectivity index (χ4n) is 1.61. The van der Waals surface area contributed by atoms with E-state index in [4.69, 9.17) is 4.74 Å². The average Bonchev–Trinajstić information content (AvgIpc) is 2.73. The Hall–Kier alpha value is -2.17. The number of ether oxygens (including phenoxy) is 1. The molecule has 0 aliphatic heterocycles. The van der Waals surface area contributed by atoms with Crippen molar-refractivity contribution in [1.82, 2.24) is 14.8 Å². The van der Waals surface area contributed by atoms with Gasteiger partial charge in [0.25, 0.3) is 0 Å². The quantitative estimate of drug-likeness (QED) is 0.777. The van der Waals surface area contributed by atoms with Gasteiger partial charge in [-0.3, -0.25) is 0 Å². The van der Waals surface area contributed by atoms with E-state index >= 15 is 0 Å². The van der Waals surface area contributed by atoms with Crippen LogP contribution >= 0.6 is 0 Å². The number of carbonyl (C=O) groups excluding carboxylic acids is 1. The van der Waals surface area contributed by atoms with E-state index in [0.717, 1.165) is 11.3 Å². The molecule has 0 bridgehead atoms. The lowest BCUT2D eigenvalue weighted by molar-refractivity contribution is 0.0515. The fraction of sp³-hybridized carbons (Fsp3) is 0.308. The van der Waals surface area contributed by atoms with Gasteiger partial charge in [-0.25, -0.2) is 14.5 Å². The summed E-state index contributed by atoms with van der Waals surface area (Å²) in [5, 5.41) is 4.27. The van der Waals surface area contributed by atoms with E-state index in [9.17, 15) is 4.79 Å². The lowest BCUT2D eigenvalue weighted by Gasteiger charge is -2.05. The van der Waals surface area contributed by atoms with E-state index in [2.05, 4.69) is 10.1 Å². The molecule has 0 aromatic carbocycles. The van der Waals surface area contributed by atoms with Gasteiger partial charge in [0.05, 0.1) is 12.3 Å². The number of esters is 1. The highest BCUT2D eigenvalue weighted by molar-refractivity contribution is 5.88. The summed E-state index contributed by atoms with van der Waals surface area (Å²) in [7, 11) is 0. The van der Waals surface area contributed by atoms with Gasteiger partial charge in [0.1, 0.15) is 0 Å². The topological polar surface area (TPSA) is 57.0 Å². The van der Waals surface area contributed by atoms with Crippen LogP contribution in [0.5, 0.6) is 0 Å². The molecule has 0 amide bonds. The molecule has 0 saturated heterocycles. The molecule has 2 aromatic rings. The summed E-state index contributed by atoms with van der Waals surface area (Å²) in [6.07, 6.45) is 1.74. The van der Waals surface area contributed by atoms with Crippen LogP contribution in [0.3, 0.4) is 0 Å². The Balaban J connectivity index is 2.44. The molecule has 0 saturated carbocycles. The van der Waals surface area contributed by atoms with Crippen LogP contribution < -0.4 is 0 Å². The maximum Gasteiger partial charge on any atom is 0.357 e. The van der Waals surface area contributed by atoms with Crippen LogP contribution in [0.2, 0.25) is 0 Å². The summed E-state index contributed by atoms with van der Waals surface area (Å²) in [5.41, 5.74) is 2.20. The molecule has 0 unspecified atom stereocenters. The average molecular weight is 245 g/mol. The van der Waals surface area contributed by atoms with Crippen molar-refractivity contribution >= 4 is 5.97 Å². The molecule has 5 nitrogen and oxygen atoms in total. The van der Waals surface area contributed by atoms with Crippen molar-refractivity contribution in [1.29, 1.82) is 0 Å². The summed E-state index contributed by atoms with van der Waals surface area (Å²) in [6, 6.07) is 5.44. The second-order valence-corrected chi connectivity index (χ2v) is 4.00. The second-order valence-electron chi connectivity index (χ2n) is 4.00. The van der Waals surface area contributed by atoms with Crippen molar-refractivity contribution in [2.45, 2.75) is 20.8 Å². The number of carbonyl (C=O) groups is 1. The van der Waals surface area contributed by atoms with Crippen LogP contribution in [0, 0.1) is 13.8 Å². The summed E-state index contributed by atoms with van der Waals surface area (Å²) in [4.78, 5) is 16.1. The first-order chi connectivity index (χ1) is 8.61. The highest BCUT2D eigenvalue weighted by Crippen LogP contribution is 2.12. The highest BCUT2D eigenvalue weighted by Gasteiger charge is 2.16. The van der Waals surface area contributed by atoms with E-state index in [1.165, 1.54) is 4.68 Å². The standard InChI is InChI=1S/C13H15N3O2/c1-4-18-13(17)11-7-10(3)15-16(11)12-6-5-9(2)8-14-12/h5-8H,4H2,1-3H3. The van der Waals surface area contributed by atoms with Gasteiger partial charge in [-0.1, -0.05) is 6.07 Å². The summed E-state index contributed by atoms with van der Waals surface area (Å²) in [5.74, 6) is 0.220. The molecular formula is C13H15N3O2. The zero-order valence-electron chi connectivity index (χ0n) is 10.7. The van der Waals surface area contributed by atoms with Gasteiger partial charge < -0.3 is 4.74 Å². The Bertz CT molecular complexity index is 558. The van der Waals surface area contributed by atoms with Crippen LogP contribution in [-0.4, -0.2) is 27.3 Å². The molecule has 0 fully saturated rings. The minimum absolute atomic E-state index is 0.338. The van der Waals surface area contributed by atoms with Crippen molar-refractivity contribution in [3.05, 3.63) is 41.3 Å². The third-order valence-corrected chi connectivity index (χ3v) is 2.43. The highest BCUT2D eigenvalue weighted by atomic mass is 16.5. The van der Waals surface area contributed by atoms with E-state index < -0.39 is 0 Å². The number of pyridine rings is 1.